The second-order valence-electron chi connectivity index (χ2n) is 6.44. The highest BCUT2D eigenvalue weighted by atomic mass is 35.5. The zero-order valence-electron chi connectivity index (χ0n) is 14.1. The molecule has 0 spiro atoms. The highest BCUT2D eigenvalue weighted by Crippen LogP contribution is 2.38. The molecule has 1 saturated heterocycles. The molecule has 146 valence electrons. The van der Waals surface area contributed by atoms with Crippen LogP contribution in [0.25, 0.3) is 0 Å². The summed E-state index contributed by atoms with van der Waals surface area (Å²) in [6, 6.07) is 11.7. The molecule has 4 nitrogen and oxygen atoms in total. The lowest BCUT2D eigenvalue weighted by Gasteiger charge is -2.40. The van der Waals surface area contributed by atoms with Gasteiger partial charge in [0.2, 0.25) is 0 Å². The van der Waals surface area contributed by atoms with Crippen LogP contribution in [-0.2, 0) is 15.4 Å². The first-order valence-electron chi connectivity index (χ1n) is 8.18. The van der Waals surface area contributed by atoms with E-state index in [0.717, 1.165) is 12.1 Å². The third-order valence-corrected chi connectivity index (χ3v) is 6.61. The predicted octanol–water partition coefficient (Wildman–Crippen LogP) is 4.12. The third-order valence-electron chi connectivity index (χ3n) is 4.78. The largest absolute Gasteiger partial charge is 0.501 e. The lowest BCUT2D eigenvalue weighted by atomic mass is 9.84. The van der Waals surface area contributed by atoms with Crippen molar-refractivity contribution in [1.29, 1.82) is 0 Å². The molecule has 2 aromatic rings. The van der Waals surface area contributed by atoms with Gasteiger partial charge in [0, 0.05) is 29.4 Å². The standard InChI is InChI=1S/C18H17ClF3NO3S/c19-16-4-2-1-3-15(16)17(24)9-11-23(12-10-17)13-5-7-14(8-6-13)27(25,26)18(20,21)22/h1-8,24H,9-12H2. The van der Waals surface area contributed by atoms with Crippen LogP contribution in [0.2, 0.25) is 5.02 Å². The van der Waals surface area contributed by atoms with Crippen molar-refractivity contribution in [3.8, 4) is 0 Å². The molecule has 0 bridgehead atoms. The summed E-state index contributed by atoms with van der Waals surface area (Å²) < 4.78 is 60.7. The normalized spacial score (nSPS) is 17.7. The van der Waals surface area contributed by atoms with Gasteiger partial charge in [-0.2, -0.15) is 13.2 Å². The molecule has 0 aromatic heterocycles. The van der Waals surface area contributed by atoms with Gasteiger partial charge < -0.3 is 10.0 Å². The van der Waals surface area contributed by atoms with Gasteiger partial charge in [0.05, 0.1) is 10.5 Å². The molecule has 1 heterocycles. The molecule has 1 aliphatic heterocycles. The van der Waals surface area contributed by atoms with E-state index < -0.39 is 25.8 Å². The molecule has 9 heteroatoms. The average molecular weight is 420 g/mol. The van der Waals surface area contributed by atoms with Crippen LogP contribution in [0.4, 0.5) is 18.9 Å². The monoisotopic (exact) mass is 419 g/mol. The maximum Gasteiger partial charge on any atom is 0.501 e. The van der Waals surface area contributed by atoms with Gasteiger partial charge in [-0.05, 0) is 43.2 Å². The van der Waals surface area contributed by atoms with E-state index in [2.05, 4.69) is 0 Å². The van der Waals surface area contributed by atoms with Gasteiger partial charge in [0.15, 0.2) is 0 Å². The van der Waals surface area contributed by atoms with Gasteiger partial charge in [-0.15, -0.1) is 0 Å². The second-order valence-corrected chi connectivity index (χ2v) is 8.79. The maximum absolute atomic E-state index is 12.6. The number of nitrogens with zero attached hydrogens (tertiary/aromatic N) is 1. The van der Waals surface area contributed by atoms with Crippen molar-refractivity contribution in [3.05, 3.63) is 59.1 Å². The van der Waals surface area contributed by atoms with Crippen molar-refractivity contribution >= 4 is 27.1 Å². The van der Waals surface area contributed by atoms with Crippen molar-refractivity contribution in [2.75, 3.05) is 18.0 Å². The van der Waals surface area contributed by atoms with Gasteiger partial charge >= 0.3 is 5.51 Å². The lowest BCUT2D eigenvalue weighted by molar-refractivity contribution is -0.0436. The zero-order valence-corrected chi connectivity index (χ0v) is 15.7. The maximum atomic E-state index is 12.6. The van der Waals surface area contributed by atoms with Crippen molar-refractivity contribution in [2.24, 2.45) is 0 Å². The number of hydrogen-bond donors (Lipinski definition) is 1. The molecule has 0 saturated carbocycles. The van der Waals surface area contributed by atoms with Gasteiger partial charge in [-0.25, -0.2) is 8.42 Å². The molecule has 1 fully saturated rings. The minimum absolute atomic E-state index is 0.388. The second kappa shape index (κ2) is 7.00. The Morgan fingerprint density at radius 2 is 1.56 bits per heavy atom. The molecule has 2 aromatic carbocycles. The molecule has 1 N–H and O–H groups in total. The van der Waals surface area contributed by atoms with Crippen LogP contribution < -0.4 is 4.90 Å². The summed E-state index contributed by atoms with van der Waals surface area (Å²) in [5, 5.41) is 11.4. The summed E-state index contributed by atoms with van der Waals surface area (Å²) in [4.78, 5) is 1.10. The van der Waals surface area contributed by atoms with E-state index in [1.165, 1.54) is 12.1 Å². The lowest BCUT2D eigenvalue weighted by Crippen LogP contribution is -2.42. The summed E-state index contributed by atoms with van der Waals surface area (Å²) in [6.45, 7) is 0.903. The number of sulfone groups is 1. The molecule has 0 radical (unpaired) electrons. The van der Waals surface area contributed by atoms with E-state index in [4.69, 9.17) is 11.6 Å². The quantitative estimate of drug-likeness (QED) is 0.813. The van der Waals surface area contributed by atoms with Gasteiger partial charge in [0.1, 0.15) is 0 Å². The molecule has 0 amide bonds. The Balaban J connectivity index is 1.75. The van der Waals surface area contributed by atoms with Crippen LogP contribution >= 0.6 is 11.6 Å². The SMILES string of the molecule is O=S(=O)(c1ccc(N2CCC(O)(c3ccccc3Cl)CC2)cc1)C(F)(F)F. The van der Waals surface area contributed by atoms with Crippen molar-refractivity contribution in [1.82, 2.24) is 0 Å². The number of aliphatic hydroxyl groups is 1. The molecule has 0 atom stereocenters. The van der Waals surface area contributed by atoms with Crippen LogP contribution in [0.15, 0.2) is 53.4 Å². The first kappa shape index (κ1) is 20.0. The van der Waals surface area contributed by atoms with Crippen LogP contribution in [-0.4, -0.2) is 32.1 Å². The third kappa shape index (κ3) is 3.79. The van der Waals surface area contributed by atoms with E-state index >= 15 is 0 Å². The van der Waals surface area contributed by atoms with Gasteiger partial charge in [0.25, 0.3) is 9.84 Å². The van der Waals surface area contributed by atoms with Crippen molar-refractivity contribution in [2.45, 2.75) is 28.8 Å². The van der Waals surface area contributed by atoms with Crippen LogP contribution in [0.1, 0.15) is 18.4 Å². The molecular weight excluding hydrogens is 403 g/mol. The van der Waals surface area contributed by atoms with Crippen LogP contribution in [0.3, 0.4) is 0 Å². The Morgan fingerprint density at radius 1 is 1.00 bits per heavy atom. The minimum Gasteiger partial charge on any atom is -0.385 e. The number of benzene rings is 2. The van der Waals surface area contributed by atoms with Crippen LogP contribution in [0, 0.1) is 0 Å². The summed E-state index contributed by atoms with van der Waals surface area (Å²) in [5.74, 6) is 0. The fraction of sp³-hybridized carbons (Fsp3) is 0.333. The van der Waals surface area contributed by atoms with E-state index in [9.17, 15) is 26.7 Å². The Morgan fingerprint density at radius 3 is 2.07 bits per heavy atom. The van der Waals surface area contributed by atoms with E-state index in [1.807, 2.05) is 4.90 Å². The molecule has 0 unspecified atom stereocenters. The smallest absolute Gasteiger partial charge is 0.385 e. The Bertz CT molecular complexity index is 922. The summed E-state index contributed by atoms with van der Waals surface area (Å²) in [7, 11) is -5.36. The van der Waals surface area contributed by atoms with E-state index in [1.54, 1.807) is 24.3 Å². The first-order chi connectivity index (χ1) is 12.5. The minimum atomic E-state index is -5.36. The van der Waals surface area contributed by atoms with Gasteiger partial charge in [-0.3, -0.25) is 0 Å². The topological polar surface area (TPSA) is 57.6 Å². The first-order valence-corrected chi connectivity index (χ1v) is 10.0. The number of halogens is 4. The fourth-order valence-electron chi connectivity index (χ4n) is 3.21. The molecule has 0 aliphatic carbocycles. The zero-order chi connectivity index (χ0) is 19.9. The number of rotatable bonds is 3. The van der Waals surface area contributed by atoms with E-state index in [-0.39, 0.29) is 0 Å². The molecule has 27 heavy (non-hydrogen) atoms. The number of anilines is 1. The summed E-state index contributed by atoms with van der Waals surface area (Å²) in [5.41, 5.74) is -5.16. The Labute approximate surface area is 160 Å². The Kier molecular flexibility index (Phi) is 5.18. The number of piperidine rings is 1. The number of hydrogen-bond acceptors (Lipinski definition) is 4. The predicted molar refractivity (Wildman–Crippen MR) is 96.5 cm³/mol. The average Bonchev–Trinajstić information content (AvgIpc) is 2.62. The molecule has 3 rings (SSSR count). The highest BCUT2D eigenvalue weighted by Gasteiger charge is 2.46. The summed E-state index contributed by atoms with van der Waals surface area (Å²) >= 11 is 6.18. The van der Waals surface area contributed by atoms with Crippen LogP contribution in [0.5, 0.6) is 0 Å². The molecule has 1 aliphatic rings. The Hall–Kier alpha value is -1.77. The highest BCUT2D eigenvalue weighted by molar-refractivity contribution is 7.92. The van der Waals surface area contributed by atoms with Gasteiger partial charge in [-0.1, -0.05) is 29.8 Å². The van der Waals surface area contributed by atoms with E-state index in [0.29, 0.717) is 42.2 Å². The summed E-state index contributed by atoms with van der Waals surface area (Å²) in [6.07, 6.45) is 0.776. The molecular formula is C18H17ClF3NO3S. The number of alkyl halides is 3. The fourth-order valence-corrected chi connectivity index (χ4v) is 4.29. The van der Waals surface area contributed by atoms with Crippen molar-refractivity contribution in [3.63, 3.8) is 0 Å². The van der Waals surface area contributed by atoms with Crippen molar-refractivity contribution < 1.29 is 26.7 Å².